The maximum atomic E-state index is 12.3. The summed E-state index contributed by atoms with van der Waals surface area (Å²) >= 11 is 14.2. The number of carbonyl (C=O) groups excluding carboxylic acids is 2. The van der Waals surface area contributed by atoms with Crippen LogP contribution in [-0.4, -0.2) is 30.0 Å². The molecule has 0 saturated carbocycles. The molecule has 0 radical (unpaired) electrons. The smallest absolute Gasteiger partial charge is 0.328 e. The van der Waals surface area contributed by atoms with Crippen molar-refractivity contribution in [2.45, 2.75) is 20.5 Å². The summed E-state index contributed by atoms with van der Waals surface area (Å²) in [6, 6.07) is 8.52. The number of ether oxygens (including phenoxy) is 2. The van der Waals surface area contributed by atoms with Crippen LogP contribution in [0.15, 0.2) is 36.0 Å². The minimum atomic E-state index is -0.421. The highest BCUT2D eigenvalue weighted by molar-refractivity contribution is 14.1. The zero-order valence-electron chi connectivity index (χ0n) is 16.3. The van der Waals surface area contributed by atoms with Crippen LogP contribution in [0.25, 0.3) is 6.08 Å². The van der Waals surface area contributed by atoms with Crippen molar-refractivity contribution in [1.29, 1.82) is 0 Å². The highest BCUT2D eigenvalue weighted by Gasteiger charge is 2.32. The second-order valence-electron chi connectivity index (χ2n) is 6.34. The Balaban J connectivity index is 1.87. The van der Waals surface area contributed by atoms with Crippen LogP contribution in [0.1, 0.15) is 25.0 Å². The van der Waals surface area contributed by atoms with E-state index in [1.807, 2.05) is 19.1 Å². The molecule has 1 aliphatic heterocycles. The summed E-state index contributed by atoms with van der Waals surface area (Å²) < 4.78 is 12.6. The fourth-order valence-corrected chi connectivity index (χ4v) is 3.99. The molecular formula is C21H19Cl2IN2O4. The van der Waals surface area contributed by atoms with Gasteiger partial charge in [-0.1, -0.05) is 29.3 Å². The molecule has 3 amide bonds. The molecule has 1 heterocycles. The number of hydrogen-bond donors (Lipinski definition) is 1. The van der Waals surface area contributed by atoms with Crippen LogP contribution in [0.2, 0.25) is 10.0 Å². The van der Waals surface area contributed by atoms with Gasteiger partial charge in [0.15, 0.2) is 11.5 Å². The summed E-state index contributed by atoms with van der Waals surface area (Å²) in [6.07, 6.45) is 1.63. The van der Waals surface area contributed by atoms with E-state index in [-0.39, 0.29) is 18.2 Å². The summed E-state index contributed by atoms with van der Waals surface area (Å²) in [5, 5.41) is 3.54. The average molecular weight is 561 g/mol. The number of halogens is 3. The molecule has 2 aromatic carbocycles. The molecule has 0 aliphatic carbocycles. The van der Waals surface area contributed by atoms with Crippen LogP contribution < -0.4 is 14.8 Å². The quantitative estimate of drug-likeness (QED) is 0.276. The van der Waals surface area contributed by atoms with Gasteiger partial charge in [0.1, 0.15) is 12.3 Å². The molecular weight excluding hydrogens is 542 g/mol. The number of amides is 3. The van der Waals surface area contributed by atoms with E-state index in [0.29, 0.717) is 40.3 Å². The van der Waals surface area contributed by atoms with Crippen molar-refractivity contribution in [3.63, 3.8) is 0 Å². The van der Waals surface area contributed by atoms with Crippen molar-refractivity contribution in [3.05, 3.63) is 60.8 Å². The number of carbonyl (C=O) groups is 2. The summed E-state index contributed by atoms with van der Waals surface area (Å²) in [5.74, 6) is 0.776. The van der Waals surface area contributed by atoms with Gasteiger partial charge in [-0.2, -0.15) is 0 Å². The lowest BCUT2D eigenvalue weighted by Crippen LogP contribution is -2.30. The zero-order chi connectivity index (χ0) is 21.8. The number of likely N-dealkylation sites (N-methyl/N-ethyl adjacent to an activating group) is 1. The Hall–Kier alpha value is -1.97. The maximum absolute atomic E-state index is 12.3. The Morgan fingerprint density at radius 1 is 1.10 bits per heavy atom. The average Bonchev–Trinajstić information content (AvgIpc) is 2.96. The number of benzene rings is 2. The van der Waals surface area contributed by atoms with Gasteiger partial charge in [0, 0.05) is 6.54 Å². The first kappa shape index (κ1) is 22.7. The van der Waals surface area contributed by atoms with Gasteiger partial charge < -0.3 is 14.8 Å². The zero-order valence-corrected chi connectivity index (χ0v) is 20.0. The van der Waals surface area contributed by atoms with Crippen LogP contribution in [0.3, 0.4) is 0 Å². The summed E-state index contributed by atoms with van der Waals surface area (Å²) in [6.45, 7) is 4.66. The molecule has 1 fully saturated rings. The predicted molar refractivity (Wildman–Crippen MR) is 125 cm³/mol. The molecule has 3 rings (SSSR count). The van der Waals surface area contributed by atoms with Gasteiger partial charge in [0.25, 0.3) is 5.91 Å². The number of rotatable bonds is 7. The van der Waals surface area contributed by atoms with Crippen molar-refractivity contribution in [3.8, 4) is 11.5 Å². The fraction of sp³-hybridized carbons (Fsp3) is 0.238. The molecule has 1 N–H and O–H groups in total. The number of hydrogen-bond acceptors (Lipinski definition) is 4. The van der Waals surface area contributed by atoms with Crippen LogP contribution in [0.4, 0.5) is 4.79 Å². The topological polar surface area (TPSA) is 67.9 Å². The van der Waals surface area contributed by atoms with Crippen molar-refractivity contribution < 1.29 is 19.1 Å². The van der Waals surface area contributed by atoms with Crippen molar-refractivity contribution in [1.82, 2.24) is 10.2 Å². The molecule has 0 unspecified atom stereocenters. The second-order valence-corrected chi connectivity index (χ2v) is 8.31. The minimum absolute atomic E-state index is 0.226. The third kappa shape index (κ3) is 5.01. The van der Waals surface area contributed by atoms with E-state index in [1.54, 1.807) is 31.2 Å². The van der Waals surface area contributed by atoms with E-state index in [0.717, 1.165) is 14.0 Å². The van der Waals surface area contributed by atoms with Crippen LogP contribution in [0.5, 0.6) is 11.5 Å². The molecule has 6 nitrogen and oxygen atoms in total. The molecule has 158 valence electrons. The summed E-state index contributed by atoms with van der Waals surface area (Å²) in [7, 11) is 0. The lowest BCUT2D eigenvalue weighted by Gasteiger charge is -2.15. The SMILES string of the molecule is CCOc1cc(/C=C2/NC(=O)N(CC)C2=O)cc(I)c1OCc1ccc(Cl)c(Cl)c1. The highest BCUT2D eigenvalue weighted by Crippen LogP contribution is 2.36. The van der Waals surface area contributed by atoms with Gasteiger partial charge in [-0.25, -0.2) is 4.79 Å². The molecule has 1 aliphatic rings. The molecule has 0 bridgehead atoms. The van der Waals surface area contributed by atoms with E-state index in [9.17, 15) is 9.59 Å². The van der Waals surface area contributed by atoms with Crippen LogP contribution in [0, 0.1) is 3.57 Å². The number of imide groups is 1. The Kier molecular flexibility index (Phi) is 7.49. The molecule has 0 spiro atoms. The lowest BCUT2D eigenvalue weighted by atomic mass is 10.1. The Morgan fingerprint density at radius 3 is 2.50 bits per heavy atom. The van der Waals surface area contributed by atoms with Gasteiger partial charge in [-0.3, -0.25) is 9.69 Å². The van der Waals surface area contributed by atoms with Gasteiger partial charge in [-0.05, 0) is 77.9 Å². The molecule has 0 aromatic heterocycles. The summed E-state index contributed by atoms with van der Waals surface area (Å²) in [4.78, 5) is 25.3. The molecule has 0 atom stereocenters. The monoisotopic (exact) mass is 560 g/mol. The van der Waals surface area contributed by atoms with Crippen LogP contribution >= 0.6 is 45.8 Å². The van der Waals surface area contributed by atoms with Crippen molar-refractivity contribution in [2.75, 3.05) is 13.2 Å². The Morgan fingerprint density at radius 2 is 1.87 bits per heavy atom. The third-order valence-electron chi connectivity index (χ3n) is 4.29. The van der Waals surface area contributed by atoms with Crippen LogP contribution in [-0.2, 0) is 11.4 Å². The van der Waals surface area contributed by atoms with Gasteiger partial charge in [0.05, 0.1) is 20.2 Å². The third-order valence-corrected chi connectivity index (χ3v) is 5.83. The van der Waals surface area contributed by atoms with E-state index in [2.05, 4.69) is 27.9 Å². The Bertz CT molecular complexity index is 1030. The first-order valence-corrected chi connectivity index (χ1v) is 11.0. The largest absolute Gasteiger partial charge is 0.490 e. The lowest BCUT2D eigenvalue weighted by molar-refractivity contribution is -0.122. The molecule has 1 saturated heterocycles. The normalized spacial score (nSPS) is 15.0. The fourth-order valence-electron chi connectivity index (χ4n) is 2.88. The first-order chi connectivity index (χ1) is 14.3. The molecule has 30 heavy (non-hydrogen) atoms. The minimum Gasteiger partial charge on any atom is -0.490 e. The standard InChI is InChI=1S/C21H19Cl2IN2O4/c1-3-26-20(27)17(25-21(26)28)9-13-8-16(24)19(18(10-13)29-4-2)30-11-12-5-6-14(22)15(23)7-12/h5-10H,3-4,11H2,1-2H3,(H,25,28)/b17-9+. The number of urea groups is 1. The summed E-state index contributed by atoms with van der Waals surface area (Å²) in [5.41, 5.74) is 1.81. The highest BCUT2D eigenvalue weighted by atomic mass is 127. The van der Waals surface area contributed by atoms with E-state index in [1.165, 1.54) is 0 Å². The predicted octanol–water partition coefficient (Wildman–Crippen LogP) is 5.49. The van der Waals surface area contributed by atoms with Gasteiger partial charge >= 0.3 is 6.03 Å². The van der Waals surface area contributed by atoms with E-state index >= 15 is 0 Å². The van der Waals surface area contributed by atoms with Gasteiger partial charge in [-0.15, -0.1) is 0 Å². The Labute approximate surface area is 198 Å². The second kappa shape index (κ2) is 9.89. The van der Waals surface area contributed by atoms with Crippen molar-refractivity contribution >= 4 is 63.8 Å². The van der Waals surface area contributed by atoms with E-state index in [4.69, 9.17) is 32.7 Å². The molecule has 2 aromatic rings. The van der Waals surface area contributed by atoms with Gasteiger partial charge in [0.2, 0.25) is 0 Å². The van der Waals surface area contributed by atoms with Crippen molar-refractivity contribution in [2.24, 2.45) is 0 Å². The first-order valence-electron chi connectivity index (χ1n) is 9.21. The van der Waals surface area contributed by atoms with E-state index < -0.39 is 6.03 Å². The maximum Gasteiger partial charge on any atom is 0.328 e. The number of nitrogens with zero attached hydrogens (tertiary/aromatic N) is 1. The molecule has 9 heteroatoms. The number of nitrogens with one attached hydrogen (secondary N) is 1.